The van der Waals surface area contributed by atoms with E-state index in [9.17, 15) is 0 Å². The molecule has 0 aliphatic carbocycles. The predicted octanol–water partition coefficient (Wildman–Crippen LogP) is 1.34. The van der Waals surface area contributed by atoms with Crippen LogP contribution in [-0.4, -0.2) is 30.8 Å². The van der Waals surface area contributed by atoms with E-state index in [0.29, 0.717) is 0 Å². The van der Waals surface area contributed by atoms with Crippen LogP contribution >= 0.6 is 0 Å². The van der Waals surface area contributed by atoms with Crippen molar-refractivity contribution in [2.24, 2.45) is 0 Å². The third kappa shape index (κ3) is 1.37. The molecular formula is C10H8NTl. The number of fused-ring (bicyclic) bond motifs is 1. The van der Waals surface area contributed by atoms with E-state index < -0.39 is 0 Å². The average molecular weight is 347 g/mol. The molecule has 2 aromatic rings. The normalized spacial score (nSPS) is 10.3. The van der Waals surface area contributed by atoms with Crippen molar-refractivity contribution in [2.45, 2.75) is 6.92 Å². The van der Waals surface area contributed by atoms with Gasteiger partial charge in [-0.15, -0.1) is 0 Å². The average Bonchev–Trinajstić information content (AvgIpc) is 2.07. The van der Waals surface area contributed by atoms with Crippen LogP contribution in [0.15, 0.2) is 30.3 Å². The van der Waals surface area contributed by atoms with E-state index in [4.69, 9.17) is 0 Å². The summed E-state index contributed by atoms with van der Waals surface area (Å²) in [7, 11) is 0. The fourth-order valence-electron chi connectivity index (χ4n) is 1.24. The summed E-state index contributed by atoms with van der Waals surface area (Å²) < 4.78 is 1.29. The Labute approximate surface area is 87.5 Å². The first-order chi connectivity index (χ1) is 5.77. The molecule has 0 saturated heterocycles. The van der Waals surface area contributed by atoms with Crippen LogP contribution in [0.4, 0.5) is 0 Å². The quantitative estimate of drug-likeness (QED) is 0.656. The molecule has 0 spiro atoms. The number of pyridine rings is 1. The molecule has 1 aromatic carbocycles. The van der Waals surface area contributed by atoms with E-state index in [2.05, 4.69) is 36.2 Å². The molecule has 0 amide bonds. The molecule has 56 valence electrons. The number of para-hydroxylation sites is 1. The van der Waals surface area contributed by atoms with Crippen LogP contribution in [0.25, 0.3) is 10.9 Å². The van der Waals surface area contributed by atoms with E-state index in [0.717, 1.165) is 31.3 Å². The van der Waals surface area contributed by atoms with Crippen LogP contribution in [0, 0.1) is 6.92 Å². The van der Waals surface area contributed by atoms with Gasteiger partial charge >= 0.3 is 87.7 Å². The Balaban J connectivity index is 2.84. The van der Waals surface area contributed by atoms with Crippen LogP contribution in [0.3, 0.4) is 0 Å². The van der Waals surface area contributed by atoms with E-state index in [-0.39, 0.29) is 0 Å². The van der Waals surface area contributed by atoms with Crippen LogP contribution in [0.2, 0.25) is 0 Å². The fraction of sp³-hybridized carbons (Fsp3) is 0.100. The zero-order chi connectivity index (χ0) is 8.55. The molecular weight excluding hydrogens is 338 g/mol. The Morgan fingerprint density at radius 2 is 2.00 bits per heavy atom. The van der Waals surface area contributed by atoms with Crippen molar-refractivity contribution >= 4 is 39.9 Å². The summed E-state index contributed by atoms with van der Waals surface area (Å²) in [4.78, 5) is 4.55. The summed E-state index contributed by atoms with van der Waals surface area (Å²) in [5.74, 6) is 0. The molecule has 2 rings (SSSR count). The number of aromatic nitrogens is 1. The standard InChI is InChI=1S/C10H8N.Tl/c1-8-6-9-4-2-3-5-10(9)11-7-8;/h2-6H,1H3;. The summed E-state index contributed by atoms with van der Waals surface area (Å²) in [6.45, 7) is 2.13. The Morgan fingerprint density at radius 3 is 2.83 bits per heavy atom. The first kappa shape index (κ1) is 8.16. The minimum absolute atomic E-state index is 0.833. The van der Waals surface area contributed by atoms with Gasteiger partial charge < -0.3 is 0 Å². The van der Waals surface area contributed by atoms with Crippen molar-refractivity contribution in [3.8, 4) is 0 Å². The molecule has 0 N–H and O–H groups in total. The van der Waals surface area contributed by atoms with E-state index in [1.54, 1.807) is 0 Å². The second-order valence-electron chi connectivity index (χ2n) is 2.88. The van der Waals surface area contributed by atoms with E-state index >= 15 is 0 Å². The van der Waals surface area contributed by atoms with Gasteiger partial charge in [-0.25, -0.2) is 0 Å². The number of aryl methyl sites for hydroxylation is 1. The Kier molecular flexibility index (Phi) is 2.13. The second-order valence-corrected chi connectivity index (χ2v) is 5.01. The van der Waals surface area contributed by atoms with Gasteiger partial charge in [0, 0.05) is 0 Å². The van der Waals surface area contributed by atoms with Crippen LogP contribution in [0.1, 0.15) is 5.56 Å². The first-order valence-electron chi connectivity index (χ1n) is 3.89. The molecule has 1 nitrogen and oxygen atoms in total. The van der Waals surface area contributed by atoms with Gasteiger partial charge in [-0.3, -0.25) is 0 Å². The summed E-state index contributed by atoms with van der Waals surface area (Å²) in [5, 5.41) is 1.25. The first-order valence-corrected chi connectivity index (χ1v) is 6.14. The van der Waals surface area contributed by atoms with E-state index in [1.807, 2.05) is 6.07 Å². The molecule has 0 radical (unpaired) electrons. The molecule has 12 heavy (non-hydrogen) atoms. The third-order valence-electron chi connectivity index (χ3n) is 1.95. The third-order valence-corrected chi connectivity index (χ3v) is 4.23. The molecule has 0 atom stereocenters. The van der Waals surface area contributed by atoms with Gasteiger partial charge in [0.1, 0.15) is 0 Å². The van der Waals surface area contributed by atoms with Gasteiger partial charge in [0.15, 0.2) is 0 Å². The fourth-order valence-corrected chi connectivity index (χ4v) is 2.10. The number of hydrogen-bond acceptors (Lipinski definition) is 1. The summed E-state index contributed by atoms with van der Waals surface area (Å²) in [6.07, 6.45) is 0. The number of benzene rings is 1. The van der Waals surface area contributed by atoms with Crippen molar-refractivity contribution < 1.29 is 0 Å². The second kappa shape index (κ2) is 3.13. The minimum atomic E-state index is 0.833. The van der Waals surface area contributed by atoms with Crippen LogP contribution in [0.5, 0.6) is 0 Å². The number of rotatable bonds is 0. The molecule has 0 unspecified atom stereocenters. The van der Waals surface area contributed by atoms with Crippen molar-refractivity contribution in [3.05, 3.63) is 35.9 Å². The van der Waals surface area contributed by atoms with Crippen molar-refractivity contribution in [2.75, 3.05) is 0 Å². The topological polar surface area (TPSA) is 12.9 Å². The van der Waals surface area contributed by atoms with Crippen LogP contribution in [-0.2, 0) is 0 Å². The zero-order valence-electron chi connectivity index (χ0n) is 6.91. The van der Waals surface area contributed by atoms with Crippen LogP contribution < -0.4 is 3.25 Å². The van der Waals surface area contributed by atoms with Gasteiger partial charge in [-0.1, -0.05) is 0 Å². The molecule has 0 fully saturated rings. The number of hydrogen-bond donors (Lipinski definition) is 0. The number of nitrogens with zero attached hydrogens (tertiary/aromatic N) is 1. The summed E-state index contributed by atoms with van der Waals surface area (Å²) in [5.41, 5.74) is 2.46. The van der Waals surface area contributed by atoms with Gasteiger partial charge in [0.2, 0.25) is 0 Å². The molecule has 0 aliphatic heterocycles. The van der Waals surface area contributed by atoms with Crippen molar-refractivity contribution in [1.29, 1.82) is 0 Å². The van der Waals surface area contributed by atoms with Crippen molar-refractivity contribution in [3.63, 3.8) is 0 Å². The van der Waals surface area contributed by atoms with Crippen molar-refractivity contribution in [1.82, 2.24) is 4.98 Å². The molecule has 2 heteroatoms. The van der Waals surface area contributed by atoms with Gasteiger partial charge in [0.05, 0.1) is 0 Å². The Morgan fingerprint density at radius 1 is 1.25 bits per heavy atom. The monoisotopic (exact) mass is 347 g/mol. The molecule has 0 bridgehead atoms. The van der Waals surface area contributed by atoms with Gasteiger partial charge in [0.25, 0.3) is 0 Å². The predicted molar refractivity (Wildman–Crippen MR) is 51.9 cm³/mol. The van der Waals surface area contributed by atoms with Gasteiger partial charge in [-0.05, 0) is 0 Å². The zero-order valence-corrected chi connectivity index (χ0v) is 11.4. The maximum atomic E-state index is 4.55. The van der Waals surface area contributed by atoms with Gasteiger partial charge in [-0.2, -0.15) is 0 Å². The Hall–Kier alpha value is -0.448. The maximum absolute atomic E-state index is 4.55. The molecule has 1 heterocycles. The molecule has 1 aromatic heterocycles. The summed E-state index contributed by atoms with van der Waals surface area (Å²) >= 11 is 0.833. The van der Waals surface area contributed by atoms with E-state index in [1.165, 1.54) is 14.2 Å². The Bertz CT molecular complexity index is 383. The summed E-state index contributed by atoms with van der Waals surface area (Å²) in [6, 6.07) is 10.5. The SMILES string of the molecule is Cc1cc2ccccc2n[c]1[Tl]. The molecule has 0 saturated carbocycles. The molecule has 0 aliphatic rings.